The van der Waals surface area contributed by atoms with Crippen molar-refractivity contribution in [3.8, 4) is 45.1 Å². The molecule has 276 valence electrons. The smallest absolute Gasteiger partial charge is 0.165 e. The third kappa shape index (κ3) is 6.13. The minimum absolute atomic E-state index is 0. The number of benzene rings is 5. The van der Waals surface area contributed by atoms with Gasteiger partial charge in [-0.1, -0.05) is 101 Å². The van der Waals surface area contributed by atoms with Crippen LogP contribution in [0.2, 0.25) is 0 Å². The Bertz CT molecular complexity index is 2930. The van der Waals surface area contributed by atoms with Crippen molar-refractivity contribution in [1.29, 1.82) is 0 Å². The molecular weight excluding hydrogens is 860 g/mol. The normalized spacial score (nSPS) is 12.2. The molecule has 0 spiro atoms. The summed E-state index contributed by atoms with van der Waals surface area (Å²) in [4.78, 5) is 14.9. The van der Waals surface area contributed by atoms with Gasteiger partial charge in [-0.3, -0.25) is 9.97 Å². The Morgan fingerprint density at radius 1 is 0.673 bits per heavy atom. The molecule has 4 heterocycles. The van der Waals surface area contributed by atoms with Crippen LogP contribution in [0.25, 0.3) is 83.3 Å². The summed E-state index contributed by atoms with van der Waals surface area (Å²) in [5.41, 5.74) is 13.2. The van der Waals surface area contributed by atoms with Gasteiger partial charge in [0.2, 0.25) is 0 Å². The van der Waals surface area contributed by atoms with Crippen LogP contribution in [0.15, 0.2) is 120 Å². The number of aryl methyl sites for hydroxylation is 1. The first-order valence-corrected chi connectivity index (χ1v) is 18.4. The zero-order valence-corrected chi connectivity index (χ0v) is 34.2. The average molecular weight is 901 g/mol. The first-order chi connectivity index (χ1) is 25.9. The maximum Gasteiger partial charge on any atom is 0.165 e. The number of pyridine rings is 2. The molecule has 0 saturated carbocycles. The van der Waals surface area contributed by atoms with Crippen LogP contribution in [0.1, 0.15) is 58.2 Å². The predicted molar refractivity (Wildman–Crippen MR) is 220 cm³/mol. The Balaban J connectivity index is 0.00000427. The molecule has 0 bridgehead atoms. The maximum absolute atomic E-state index is 11.4. The molecule has 7 heteroatoms. The van der Waals surface area contributed by atoms with Crippen LogP contribution in [-0.4, -0.2) is 24.6 Å². The molecular formula is C48H41N4O2Pt-. The van der Waals surface area contributed by atoms with Crippen LogP contribution >= 0.6 is 0 Å². The van der Waals surface area contributed by atoms with Crippen LogP contribution in [0, 0.1) is 13.0 Å². The molecule has 9 rings (SSSR count). The van der Waals surface area contributed by atoms with E-state index in [1.807, 2.05) is 42.6 Å². The van der Waals surface area contributed by atoms with E-state index >= 15 is 0 Å². The molecule has 0 saturated heterocycles. The van der Waals surface area contributed by atoms with Crippen molar-refractivity contribution in [3.05, 3.63) is 138 Å². The predicted octanol–water partition coefficient (Wildman–Crippen LogP) is 12.3. The van der Waals surface area contributed by atoms with Gasteiger partial charge in [0, 0.05) is 49.4 Å². The molecule has 0 aliphatic rings. The second-order valence-corrected chi connectivity index (χ2v) is 16.3. The fourth-order valence-corrected chi connectivity index (χ4v) is 7.53. The summed E-state index contributed by atoms with van der Waals surface area (Å²) in [5, 5.41) is 13.5. The number of rotatable bonds is 4. The van der Waals surface area contributed by atoms with E-state index in [9.17, 15) is 5.11 Å². The molecule has 5 aromatic carbocycles. The van der Waals surface area contributed by atoms with Crippen LogP contribution in [0.4, 0.5) is 0 Å². The molecule has 0 radical (unpaired) electrons. The van der Waals surface area contributed by atoms with E-state index in [-0.39, 0.29) is 37.6 Å². The van der Waals surface area contributed by atoms with Crippen molar-refractivity contribution in [3.63, 3.8) is 0 Å². The van der Waals surface area contributed by atoms with Gasteiger partial charge in [-0.05, 0) is 76.2 Å². The van der Waals surface area contributed by atoms with Crippen molar-refractivity contribution in [1.82, 2.24) is 19.5 Å². The number of nitrogens with zero attached hydrogens (tertiary/aromatic N) is 4. The second-order valence-electron chi connectivity index (χ2n) is 16.3. The number of furan rings is 1. The van der Waals surface area contributed by atoms with Crippen LogP contribution in [0.5, 0.6) is 5.75 Å². The SMILES string of the molecule is Cc1ccnc2c(-c3[c-]c(-c4nc5c(-c6c(O)cnc7c6oc6ccccc67)cccc5n4-c4ccc(C(C)(C)C)cc4)ccc3)cc(C(C)(C)C)cc12.[Pt]. The monoisotopic (exact) mass is 900 g/mol. The second kappa shape index (κ2) is 13.3. The van der Waals surface area contributed by atoms with Gasteiger partial charge in [0.05, 0.1) is 28.6 Å². The molecule has 0 unspecified atom stereocenters. The zero-order chi connectivity index (χ0) is 37.5. The number of hydrogen-bond donors (Lipinski definition) is 1. The summed E-state index contributed by atoms with van der Waals surface area (Å²) in [6.45, 7) is 15.5. The standard InChI is InChI=1S/C48H41N4O2.Pt/c1-28-22-23-49-42-36(28)25-32(48(5,6)7)26-37(42)29-12-10-13-30(24-29)46-51-43-35(41-39(53)27-50-44-34-14-8-9-17-40(34)54-45(41)44)15-11-16-38(43)52(46)33-20-18-31(19-21-33)47(2,3)4;/h8-23,25-27,53H,1-7H3;/q-1;. The Hall–Kier alpha value is -5.58. The third-order valence-electron chi connectivity index (χ3n) is 10.6. The number of imidazole rings is 1. The van der Waals surface area contributed by atoms with Gasteiger partial charge in [-0.2, -0.15) is 0 Å². The fourth-order valence-electron chi connectivity index (χ4n) is 7.53. The Kier molecular flexibility index (Phi) is 8.81. The van der Waals surface area contributed by atoms with Crippen molar-refractivity contribution >= 4 is 44.0 Å². The van der Waals surface area contributed by atoms with Gasteiger partial charge in [0.25, 0.3) is 0 Å². The van der Waals surface area contributed by atoms with Crippen LogP contribution < -0.4 is 0 Å². The van der Waals surface area contributed by atoms with E-state index in [2.05, 4.69) is 131 Å². The first kappa shape index (κ1) is 36.4. The summed E-state index contributed by atoms with van der Waals surface area (Å²) in [5.74, 6) is 0.763. The minimum atomic E-state index is -0.0593. The number of fused-ring (bicyclic) bond motifs is 5. The summed E-state index contributed by atoms with van der Waals surface area (Å²) in [7, 11) is 0. The molecule has 4 aromatic heterocycles. The van der Waals surface area contributed by atoms with Crippen molar-refractivity contribution in [2.24, 2.45) is 0 Å². The van der Waals surface area contributed by atoms with Crippen LogP contribution in [0.3, 0.4) is 0 Å². The van der Waals surface area contributed by atoms with Gasteiger partial charge in [-0.15, -0.1) is 29.8 Å². The summed E-state index contributed by atoms with van der Waals surface area (Å²) < 4.78 is 8.59. The van der Waals surface area contributed by atoms with Gasteiger partial charge in [0.15, 0.2) is 5.58 Å². The Morgan fingerprint density at radius 3 is 2.16 bits per heavy atom. The molecule has 0 aliphatic heterocycles. The molecule has 6 nitrogen and oxygen atoms in total. The van der Waals surface area contributed by atoms with E-state index in [0.29, 0.717) is 22.2 Å². The van der Waals surface area contributed by atoms with Crippen molar-refractivity contribution in [2.75, 3.05) is 0 Å². The molecule has 55 heavy (non-hydrogen) atoms. The molecule has 0 atom stereocenters. The van der Waals surface area contributed by atoms with E-state index in [4.69, 9.17) is 14.4 Å². The van der Waals surface area contributed by atoms with E-state index in [1.54, 1.807) is 0 Å². The van der Waals surface area contributed by atoms with Gasteiger partial charge in [0.1, 0.15) is 16.8 Å². The molecule has 0 aliphatic carbocycles. The largest absolute Gasteiger partial charge is 0.506 e. The average Bonchev–Trinajstić information content (AvgIpc) is 3.73. The van der Waals surface area contributed by atoms with E-state index in [1.165, 1.54) is 22.9 Å². The number of para-hydroxylation sites is 2. The quantitative estimate of drug-likeness (QED) is 0.178. The molecule has 1 N–H and O–H groups in total. The van der Waals surface area contributed by atoms with Gasteiger partial charge in [-0.25, -0.2) is 4.98 Å². The molecule has 0 fully saturated rings. The number of aromatic nitrogens is 4. The topological polar surface area (TPSA) is 77.0 Å². The molecule has 0 amide bonds. The van der Waals surface area contributed by atoms with Crippen molar-refractivity contribution < 1.29 is 30.6 Å². The zero-order valence-electron chi connectivity index (χ0n) is 31.9. The minimum Gasteiger partial charge on any atom is -0.506 e. The van der Waals surface area contributed by atoms with Gasteiger partial charge < -0.3 is 14.1 Å². The van der Waals surface area contributed by atoms with E-state index in [0.717, 1.165) is 61.1 Å². The Morgan fingerprint density at radius 2 is 1.40 bits per heavy atom. The number of aromatic hydroxyl groups is 1. The first-order valence-electron chi connectivity index (χ1n) is 18.4. The molecule has 9 aromatic rings. The van der Waals surface area contributed by atoms with Crippen LogP contribution in [-0.2, 0) is 31.9 Å². The Labute approximate surface area is 335 Å². The third-order valence-corrected chi connectivity index (χ3v) is 10.6. The maximum atomic E-state index is 11.4. The summed E-state index contributed by atoms with van der Waals surface area (Å²) in [6.07, 6.45) is 3.39. The summed E-state index contributed by atoms with van der Waals surface area (Å²) in [6, 6.07) is 39.3. The van der Waals surface area contributed by atoms with Crippen molar-refractivity contribution in [2.45, 2.75) is 59.3 Å². The number of hydrogen-bond acceptors (Lipinski definition) is 5. The van der Waals surface area contributed by atoms with Gasteiger partial charge >= 0.3 is 0 Å². The fraction of sp³-hybridized carbons (Fsp3) is 0.188. The summed E-state index contributed by atoms with van der Waals surface area (Å²) >= 11 is 0. The van der Waals surface area contributed by atoms with E-state index < -0.39 is 0 Å².